The molecule has 592 valence electrons. The van der Waals surface area contributed by atoms with Gasteiger partial charge in [-0.15, -0.1) is 11.3 Å². The van der Waals surface area contributed by atoms with Crippen LogP contribution < -0.4 is 9.80 Å². The number of hydrogen-bond donors (Lipinski definition) is 0. The summed E-state index contributed by atoms with van der Waals surface area (Å²) in [5, 5.41) is 4.87. The third kappa shape index (κ3) is 13.0. The molecular formula is C122H82N2OS. The first kappa shape index (κ1) is 75.0. The van der Waals surface area contributed by atoms with E-state index in [1.54, 1.807) is 0 Å². The number of fused-ring (bicyclic) bond motifs is 12. The van der Waals surface area contributed by atoms with E-state index >= 15 is 0 Å². The molecule has 0 radical (unpaired) electrons. The standard InChI is InChI=1S/C61H41NO.C61H41NS/c2*1-3-15-42(16-4-1)44-17-13-18-45(39-44)43-29-34-50(35-30-43)62(52-22-14-19-46(40-52)47-31-38-60-56(41-47)55-25-9-12-28-59(55)63-60)51-36-32-49(33-37-51)61(48-20-5-2-6-21-48)57-26-10-7-23-53(57)54-24-8-11-27-58(54)61/h2*1-41H. The highest BCUT2D eigenvalue weighted by molar-refractivity contribution is 7.25. The lowest BCUT2D eigenvalue weighted by atomic mass is 9.68. The Morgan fingerprint density at radius 1 is 0.167 bits per heavy atom. The lowest BCUT2D eigenvalue weighted by molar-refractivity contribution is 0.669. The van der Waals surface area contributed by atoms with Crippen LogP contribution >= 0.6 is 11.3 Å². The second kappa shape index (κ2) is 31.8. The summed E-state index contributed by atoms with van der Waals surface area (Å²) in [5.74, 6) is 0. The van der Waals surface area contributed by atoms with E-state index in [1.807, 2.05) is 23.5 Å². The second-order valence-electron chi connectivity index (χ2n) is 32.9. The van der Waals surface area contributed by atoms with Gasteiger partial charge < -0.3 is 14.2 Å². The van der Waals surface area contributed by atoms with Gasteiger partial charge in [0, 0.05) is 65.1 Å². The van der Waals surface area contributed by atoms with Crippen molar-refractivity contribution in [2.45, 2.75) is 10.8 Å². The van der Waals surface area contributed by atoms with Crippen LogP contribution in [0, 0.1) is 0 Å². The van der Waals surface area contributed by atoms with Gasteiger partial charge in [0.25, 0.3) is 0 Å². The molecule has 0 fully saturated rings. The Labute approximate surface area is 738 Å². The fourth-order valence-corrected chi connectivity index (χ4v) is 21.2. The summed E-state index contributed by atoms with van der Waals surface area (Å²) >= 11 is 1.86. The summed E-state index contributed by atoms with van der Waals surface area (Å²) in [5.41, 5.74) is 37.1. The minimum Gasteiger partial charge on any atom is -0.456 e. The Morgan fingerprint density at radius 2 is 0.452 bits per heavy atom. The minimum atomic E-state index is -0.469. The molecule has 0 atom stereocenters. The van der Waals surface area contributed by atoms with E-state index < -0.39 is 10.8 Å². The van der Waals surface area contributed by atoms with Crippen molar-refractivity contribution in [3.8, 4) is 89.0 Å². The first-order valence-electron chi connectivity index (χ1n) is 43.3. The monoisotopic (exact) mass is 1620 g/mol. The summed E-state index contributed by atoms with van der Waals surface area (Å²) in [6.45, 7) is 0. The quantitative estimate of drug-likeness (QED) is 0.0961. The zero-order valence-electron chi connectivity index (χ0n) is 69.1. The van der Waals surface area contributed by atoms with Gasteiger partial charge in [0.15, 0.2) is 0 Å². The highest BCUT2D eigenvalue weighted by Gasteiger charge is 2.47. The Kier molecular flexibility index (Phi) is 18.9. The highest BCUT2D eigenvalue weighted by Crippen LogP contribution is 2.59. The summed E-state index contributed by atoms with van der Waals surface area (Å²) < 4.78 is 8.84. The van der Waals surface area contributed by atoms with Crippen molar-refractivity contribution >= 4 is 87.6 Å². The zero-order valence-corrected chi connectivity index (χ0v) is 69.9. The third-order valence-electron chi connectivity index (χ3n) is 25.9. The summed E-state index contributed by atoms with van der Waals surface area (Å²) in [7, 11) is 0. The number of para-hydroxylation sites is 1. The maximum absolute atomic E-state index is 6.20. The Bertz CT molecular complexity index is 7250. The summed E-state index contributed by atoms with van der Waals surface area (Å²) in [4.78, 5) is 4.79. The third-order valence-corrected chi connectivity index (χ3v) is 27.1. The molecule has 0 unspecified atom stereocenters. The lowest BCUT2D eigenvalue weighted by Gasteiger charge is -2.34. The van der Waals surface area contributed by atoms with Crippen LogP contribution in [0.25, 0.3) is 131 Å². The smallest absolute Gasteiger partial charge is 0.135 e. The number of furan rings is 1. The first-order chi connectivity index (χ1) is 62.4. The van der Waals surface area contributed by atoms with Crippen LogP contribution in [-0.2, 0) is 10.8 Å². The number of anilines is 6. The van der Waals surface area contributed by atoms with Gasteiger partial charge in [-0.2, -0.15) is 0 Å². The molecule has 2 aliphatic carbocycles. The van der Waals surface area contributed by atoms with Crippen LogP contribution in [0.2, 0.25) is 0 Å². The number of nitrogens with zero attached hydrogens (tertiary/aromatic N) is 2. The molecule has 3 nitrogen and oxygen atoms in total. The van der Waals surface area contributed by atoms with Crippen LogP contribution in [0.1, 0.15) is 44.5 Å². The fourth-order valence-electron chi connectivity index (χ4n) is 20.1. The van der Waals surface area contributed by atoms with Crippen LogP contribution in [0.5, 0.6) is 0 Å². The van der Waals surface area contributed by atoms with Gasteiger partial charge in [0.05, 0.1) is 10.8 Å². The largest absolute Gasteiger partial charge is 0.456 e. The van der Waals surface area contributed by atoms with E-state index in [1.165, 1.54) is 143 Å². The van der Waals surface area contributed by atoms with Gasteiger partial charge >= 0.3 is 0 Å². The molecule has 2 heterocycles. The Hall–Kier alpha value is -16.0. The molecule has 0 spiro atoms. The average molecular weight is 1620 g/mol. The van der Waals surface area contributed by atoms with Crippen molar-refractivity contribution in [3.63, 3.8) is 0 Å². The second-order valence-corrected chi connectivity index (χ2v) is 34.0. The molecule has 0 aliphatic heterocycles. The SMILES string of the molecule is c1ccc(-c2cccc(-c3ccc(N(c4ccc(C5(c6ccccc6)c6ccccc6-c6ccccc65)cc4)c4cccc(-c5ccc6oc7ccccc7c6c5)c4)cc3)c2)cc1.c1ccc(-c2cccc(-c3ccc(N(c4ccc(C5(c6ccccc6)c6ccccc6-c6ccccc65)cc4)c4cccc(-c5ccc6sc7ccccc7c6c5)c4)cc3)c2)cc1. The Balaban J connectivity index is 0.000000145. The van der Waals surface area contributed by atoms with E-state index in [4.69, 9.17) is 4.42 Å². The molecule has 0 bridgehead atoms. The molecule has 0 amide bonds. The number of benzene rings is 20. The van der Waals surface area contributed by atoms with Gasteiger partial charge in [-0.05, 0) is 255 Å². The fraction of sp³-hybridized carbons (Fsp3) is 0.0164. The average Bonchev–Trinajstić information content (AvgIpc) is 1.54. The van der Waals surface area contributed by atoms with Crippen molar-refractivity contribution < 1.29 is 4.42 Å². The maximum atomic E-state index is 6.20. The predicted octanol–water partition coefficient (Wildman–Crippen LogP) is 33.3. The van der Waals surface area contributed by atoms with Gasteiger partial charge in [-0.3, -0.25) is 0 Å². The molecule has 24 rings (SSSR count). The topological polar surface area (TPSA) is 19.6 Å². The number of hydrogen-bond acceptors (Lipinski definition) is 4. The van der Waals surface area contributed by atoms with Crippen molar-refractivity contribution in [3.05, 3.63) is 542 Å². The first-order valence-corrected chi connectivity index (χ1v) is 44.1. The summed E-state index contributed by atoms with van der Waals surface area (Å²) in [6, 6.07) is 182. The molecule has 0 N–H and O–H groups in total. The minimum absolute atomic E-state index is 0.460. The molecule has 0 saturated heterocycles. The van der Waals surface area contributed by atoms with Gasteiger partial charge in [-0.25, -0.2) is 0 Å². The Morgan fingerprint density at radius 3 is 0.889 bits per heavy atom. The van der Waals surface area contributed by atoms with Gasteiger partial charge in [0.1, 0.15) is 11.2 Å². The van der Waals surface area contributed by atoms with E-state index in [0.717, 1.165) is 67.2 Å². The highest BCUT2D eigenvalue weighted by atomic mass is 32.1. The van der Waals surface area contributed by atoms with Gasteiger partial charge in [0.2, 0.25) is 0 Å². The summed E-state index contributed by atoms with van der Waals surface area (Å²) in [6.07, 6.45) is 0. The molecule has 0 saturated carbocycles. The van der Waals surface area contributed by atoms with Crippen molar-refractivity contribution in [1.82, 2.24) is 0 Å². The maximum Gasteiger partial charge on any atom is 0.135 e. The molecule has 2 aliphatic rings. The van der Waals surface area contributed by atoms with Crippen molar-refractivity contribution in [2.75, 3.05) is 9.80 Å². The van der Waals surface area contributed by atoms with Gasteiger partial charge in [-0.1, -0.05) is 376 Å². The van der Waals surface area contributed by atoms with Crippen LogP contribution in [0.15, 0.2) is 502 Å². The van der Waals surface area contributed by atoms with E-state index in [2.05, 4.69) is 495 Å². The predicted molar refractivity (Wildman–Crippen MR) is 530 cm³/mol. The van der Waals surface area contributed by atoms with Crippen LogP contribution in [0.3, 0.4) is 0 Å². The normalized spacial score (nSPS) is 12.6. The zero-order chi connectivity index (χ0) is 83.5. The lowest BCUT2D eigenvalue weighted by Crippen LogP contribution is -2.28. The number of thiophene rings is 1. The molecule has 22 aromatic rings. The van der Waals surface area contributed by atoms with E-state index in [-0.39, 0.29) is 0 Å². The van der Waals surface area contributed by atoms with Crippen LogP contribution in [0.4, 0.5) is 34.1 Å². The molecule has 4 heteroatoms. The molecule has 126 heavy (non-hydrogen) atoms. The van der Waals surface area contributed by atoms with Crippen molar-refractivity contribution in [1.29, 1.82) is 0 Å². The van der Waals surface area contributed by atoms with Crippen LogP contribution in [-0.4, -0.2) is 0 Å². The molecule has 20 aromatic carbocycles. The van der Waals surface area contributed by atoms with E-state index in [9.17, 15) is 0 Å². The molecule has 2 aromatic heterocycles. The van der Waals surface area contributed by atoms with Crippen molar-refractivity contribution in [2.24, 2.45) is 0 Å². The number of rotatable bonds is 16. The van der Waals surface area contributed by atoms with E-state index in [0.29, 0.717) is 0 Å². The molecular weight excluding hydrogens is 1540 g/mol.